The van der Waals surface area contributed by atoms with Crippen LogP contribution in [0.15, 0.2) is 4.99 Å². The predicted molar refractivity (Wildman–Crippen MR) is 44.4 cm³/mol. The van der Waals surface area contributed by atoms with Crippen LogP contribution in [0.25, 0.3) is 0 Å². The van der Waals surface area contributed by atoms with Gasteiger partial charge in [-0.05, 0) is 13.3 Å². The molecule has 10 heavy (non-hydrogen) atoms. The first-order valence-corrected chi connectivity index (χ1v) is 4.12. The third-order valence-corrected chi connectivity index (χ3v) is 1.74. The van der Waals surface area contributed by atoms with Crippen molar-refractivity contribution in [1.29, 1.82) is 0 Å². The van der Waals surface area contributed by atoms with Gasteiger partial charge in [-0.3, -0.25) is 4.99 Å². The van der Waals surface area contributed by atoms with E-state index in [9.17, 15) is 0 Å². The van der Waals surface area contributed by atoms with E-state index in [4.69, 9.17) is 0 Å². The van der Waals surface area contributed by atoms with Crippen molar-refractivity contribution in [2.45, 2.75) is 39.2 Å². The monoisotopic (exact) mass is 140 g/mol. The number of nitrogens with one attached hydrogen (secondary N) is 1. The second-order valence-corrected chi connectivity index (χ2v) is 2.94. The Labute approximate surface area is 62.7 Å². The number of hydrogen-bond donors (Lipinski definition) is 1. The highest BCUT2D eigenvalue weighted by Gasteiger charge is 2.10. The van der Waals surface area contributed by atoms with Crippen molar-refractivity contribution in [2.75, 3.05) is 6.54 Å². The maximum atomic E-state index is 4.36. The molecule has 1 N–H and O–H groups in total. The smallest absolute Gasteiger partial charge is 0.0966 e. The van der Waals surface area contributed by atoms with E-state index in [0.29, 0.717) is 6.04 Å². The zero-order valence-corrected chi connectivity index (χ0v) is 6.85. The highest BCUT2D eigenvalue weighted by atomic mass is 15.1. The number of aliphatic imine (C=N–C) groups is 1. The highest BCUT2D eigenvalue weighted by Crippen LogP contribution is 2.01. The molecule has 0 radical (unpaired) electrons. The van der Waals surface area contributed by atoms with Gasteiger partial charge in [-0.2, -0.15) is 0 Å². The number of rotatable bonds is 3. The minimum absolute atomic E-state index is 0.576. The SMILES string of the molecule is CCCCC1=NCC(C)N1. The number of hydrogen-bond acceptors (Lipinski definition) is 2. The highest BCUT2D eigenvalue weighted by molar-refractivity contribution is 5.83. The van der Waals surface area contributed by atoms with Crippen LogP contribution in [0.5, 0.6) is 0 Å². The lowest BCUT2D eigenvalue weighted by atomic mass is 10.2. The molecule has 0 aromatic carbocycles. The third kappa shape index (κ3) is 2.01. The molecule has 1 aliphatic rings. The van der Waals surface area contributed by atoms with E-state index >= 15 is 0 Å². The van der Waals surface area contributed by atoms with Crippen LogP contribution in [0.2, 0.25) is 0 Å². The summed E-state index contributed by atoms with van der Waals surface area (Å²) in [6.07, 6.45) is 3.66. The molecular formula is C8H16N2. The first-order valence-electron chi connectivity index (χ1n) is 4.12. The Bertz CT molecular complexity index is 129. The Morgan fingerprint density at radius 1 is 1.70 bits per heavy atom. The van der Waals surface area contributed by atoms with E-state index in [1.807, 2.05) is 0 Å². The van der Waals surface area contributed by atoms with Gasteiger partial charge in [0, 0.05) is 12.5 Å². The van der Waals surface area contributed by atoms with Gasteiger partial charge in [0.05, 0.1) is 12.4 Å². The van der Waals surface area contributed by atoms with E-state index in [1.165, 1.54) is 18.7 Å². The molecule has 0 aromatic heterocycles. The van der Waals surface area contributed by atoms with Crippen LogP contribution < -0.4 is 5.32 Å². The molecule has 1 atom stereocenters. The van der Waals surface area contributed by atoms with E-state index in [0.717, 1.165) is 13.0 Å². The first-order chi connectivity index (χ1) is 4.83. The lowest BCUT2D eigenvalue weighted by Gasteiger charge is -2.03. The maximum Gasteiger partial charge on any atom is 0.0966 e. The van der Waals surface area contributed by atoms with E-state index in [-0.39, 0.29) is 0 Å². The largest absolute Gasteiger partial charge is 0.370 e. The van der Waals surface area contributed by atoms with E-state index in [1.54, 1.807) is 0 Å². The predicted octanol–water partition coefficient (Wildman–Crippen LogP) is 1.57. The van der Waals surface area contributed by atoms with Crippen molar-refractivity contribution in [1.82, 2.24) is 5.32 Å². The summed E-state index contributed by atoms with van der Waals surface area (Å²) < 4.78 is 0. The van der Waals surface area contributed by atoms with Crippen molar-refractivity contribution in [2.24, 2.45) is 4.99 Å². The maximum absolute atomic E-state index is 4.36. The van der Waals surface area contributed by atoms with Crippen LogP contribution in [0.1, 0.15) is 33.1 Å². The molecule has 1 rings (SSSR count). The van der Waals surface area contributed by atoms with Crippen LogP contribution in [-0.2, 0) is 0 Å². The zero-order chi connectivity index (χ0) is 7.40. The van der Waals surface area contributed by atoms with Crippen molar-refractivity contribution in [3.63, 3.8) is 0 Å². The van der Waals surface area contributed by atoms with Gasteiger partial charge in [0.2, 0.25) is 0 Å². The van der Waals surface area contributed by atoms with Crippen molar-refractivity contribution >= 4 is 5.84 Å². The fraction of sp³-hybridized carbons (Fsp3) is 0.875. The fourth-order valence-corrected chi connectivity index (χ4v) is 1.12. The third-order valence-electron chi connectivity index (χ3n) is 1.74. The van der Waals surface area contributed by atoms with Gasteiger partial charge >= 0.3 is 0 Å². The van der Waals surface area contributed by atoms with E-state index in [2.05, 4.69) is 24.2 Å². The van der Waals surface area contributed by atoms with Crippen molar-refractivity contribution < 1.29 is 0 Å². The summed E-state index contributed by atoms with van der Waals surface area (Å²) in [4.78, 5) is 4.36. The van der Waals surface area contributed by atoms with Gasteiger partial charge in [0.25, 0.3) is 0 Å². The lowest BCUT2D eigenvalue weighted by molar-refractivity contribution is 0.715. The molecule has 1 heterocycles. The molecule has 0 amide bonds. The van der Waals surface area contributed by atoms with Gasteiger partial charge in [-0.15, -0.1) is 0 Å². The Hall–Kier alpha value is -0.530. The summed E-state index contributed by atoms with van der Waals surface area (Å²) >= 11 is 0. The normalized spacial score (nSPS) is 24.2. The van der Waals surface area contributed by atoms with Crippen LogP contribution in [-0.4, -0.2) is 18.4 Å². The average Bonchev–Trinajstić information content (AvgIpc) is 2.31. The zero-order valence-electron chi connectivity index (χ0n) is 6.85. The molecule has 0 saturated carbocycles. The summed E-state index contributed by atoms with van der Waals surface area (Å²) in [5.74, 6) is 1.22. The Morgan fingerprint density at radius 3 is 3.00 bits per heavy atom. The van der Waals surface area contributed by atoms with Gasteiger partial charge in [-0.1, -0.05) is 13.3 Å². The standard InChI is InChI=1S/C8H16N2/c1-3-4-5-8-9-6-7(2)10-8/h7H,3-6H2,1-2H3,(H,9,10). The van der Waals surface area contributed by atoms with E-state index < -0.39 is 0 Å². The van der Waals surface area contributed by atoms with Gasteiger partial charge < -0.3 is 5.32 Å². The molecular weight excluding hydrogens is 124 g/mol. The van der Waals surface area contributed by atoms with Gasteiger partial charge in [0.1, 0.15) is 0 Å². The van der Waals surface area contributed by atoms with Gasteiger partial charge in [-0.25, -0.2) is 0 Å². The number of amidine groups is 1. The molecule has 0 aliphatic carbocycles. The van der Waals surface area contributed by atoms with Crippen LogP contribution in [0.3, 0.4) is 0 Å². The summed E-state index contributed by atoms with van der Waals surface area (Å²) in [7, 11) is 0. The average molecular weight is 140 g/mol. The van der Waals surface area contributed by atoms with Crippen molar-refractivity contribution in [3.8, 4) is 0 Å². The summed E-state index contributed by atoms with van der Waals surface area (Å²) in [5.41, 5.74) is 0. The summed E-state index contributed by atoms with van der Waals surface area (Å²) in [6, 6.07) is 0.576. The van der Waals surface area contributed by atoms with Crippen LogP contribution in [0, 0.1) is 0 Å². The lowest BCUT2D eigenvalue weighted by Crippen LogP contribution is -2.26. The summed E-state index contributed by atoms with van der Waals surface area (Å²) in [6.45, 7) is 5.35. The van der Waals surface area contributed by atoms with Crippen LogP contribution >= 0.6 is 0 Å². The second-order valence-electron chi connectivity index (χ2n) is 2.94. The Kier molecular flexibility index (Phi) is 2.72. The molecule has 0 bridgehead atoms. The van der Waals surface area contributed by atoms with Crippen LogP contribution in [0.4, 0.5) is 0 Å². The van der Waals surface area contributed by atoms with Crippen molar-refractivity contribution in [3.05, 3.63) is 0 Å². The molecule has 2 nitrogen and oxygen atoms in total. The quantitative estimate of drug-likeness (QED) is 0.632. The number of nitrogens with zero attached hydrogens (tertiary/aromatic N) is 1. The molecule has 1 unspecified atom stereocenters. The molecule has 1 aliphatic heterocycles. The summed E-state index contributed by atoms with van der Waals surface area (Å²) in [5, 5.41) is 3.34. The molecule has 2 heteroatoms. The minimum atomic E-state index is 0.576. The minimum Gasteiger partial charge on any atom is -0.370 e. The molecule has 58 valence electrons. The first kappa shape index (κ1) is 7.58. The second kappa shape index (κ2) is 3.59. The Balaban J connectivity index is 2.17. The molecule has 0 aromatic rings. The molecule has 0 saturated heterocycles. The number of unbranched alkanes of at least 4 members (excludes halogenated alkanes) is 1. The molecule has 0 fully saturated rings. The molecule has 0 spiro atoms. The fourth-order valence-electron chi connectivity index (χ4n) is 1.12. The topological polar surface area (TPSA) is 24.4 Å². The Morgan fingerprint density at radius 2 is 2.50 bits per heavy atom. The van der Waals surface area contributed by atoms with Gasteiger partial charge in [0.15, 0.2) is 0 Å².